The Bertz CT molecular complexity index is 297. The number of nitrogen functional groups attached to an aromatic ring is 1. The zero-order valence-corrected chi connectivity index (χ0v) is 7.75. The van der Waals surface area contributed by atoms with Crippen molar-refractivity contribution in [2.45, 2.75) is 26.2 Å². The summed E-state index contributed by atoms with van der Waals surface area (Å²) in [6.45, 7) is 2.09. The third-order valence-corrected chi connectivity index (χ3v) is 2.09. The van der Waals surface area contributed by atoms with Gasteiger partial charge in [-0.2, -0.15) is 0 Å². The van der Waals surface area contributed by atoms with Crippen molar-refractivity contribution < 1.29 is 10.2 Å². The summed E-state index contributed by atoms with van der Waals surface area (Å²) in [5.41, 5.74) is 6.81. The van der Waals surface area contributed by atoms with E-state index in [-0.39, 0.29) is 11.5 Å². The van der Waals surface area contributed by atoms with Crippen LogP contribution in [0.4, 0.5) is 5.69 Å². The van der Waals surface area contributed by atoms with Crippen molar-refractivity contribution in [2.24, 2.45) is 0 Å². The Balaban J connectivity index is 2.90. The second kappa shape index (κ2) is 4.03. The Kier molecular flexibility index (Phi) is 3.01. The molecule has 72 valence electrons. The number of phenols is 2. The van der Waals surface area contributed by atoms with Gasteiger partial charge in [0.25, 0.3) is 0 Å². The molecule has 0 bridgehead atoms. The van der Waals surface area contributed by atoms with Gasteiger partial charge in [-0.15, -0.1) is 0 Å². The molecule has 0 aliphatic carbocycles. The van der Waals surface area contributed by atoms with Crippen LogP contribution in [0.25, 0.3) is 0 Å². The van der Waals surface area contributed by atoms with Gasteiger partial charge in [0.15, 0.2) is 11.5 Å². The van der Waals surface area contributed by atoms with E-state index in [9.17, 15) is 5.11 Å². The first-order valence-corrected chi connectivity index (χ1v) is 4.46. The average Bonchev–Trinajstić information content (AvgIpc) is 2.13. The number of benzene rings is 1. The summed E-state index contributed by atoms with van der Waals surface area (Å²) in [6.07, 6.45) is 2.96. The van der Waals surface area contributed by atoms with Gasteiger partial charge < -0.3 is 15.9 Å². The molecule has 0 aliphatic rings. The maximum absolute atomic E-state index is 9.31. The van der Waals surface area contributed by atoms with E-state index in [1.54, 1.807) is 6.07 Å². The minimum Gasteiger partial charge on any atom is -0.504 e. The lowest BCUT2D eigenvalue weighted by Crippen LogP contribution is -1.94. The van der Waals surface area contributed by atoms with Crippen molar-refractivity contribution in [3.05, 3.63) is 17.7 Å². The summed E-state index contributed by atoms with van der Waals surface area (Å²) in [4.78, 5) is 0. The maximum atomic E-state index is 9.31. The largest absolute Gasteiger partial charge is 0.504 e. The first-order chi connectivity index (χ1) is 6.16. The molecule has 13 heavy (non-hydrogen) atoms. The number of rotatable bonds is 3. The highest BCUT2D eigenvalue weighted by atomic mass is 16.3. The second-order valence-corrected chi connectivity index (χ2v) is 3.11. The van der Waals surface area contributed by atoms with Crippen LogP contribution in [0.1, 0.15) is 25.3 Å². The summed E-state index contributed by atoms with van der Waals surface area (Å²) < 4.78 is 0. The van der Waals surface area contributed by atoms with Gasteiger partial charge in [-0.05, 0) is 24.5 Å². The quantitative estimate of drug-likeness (QED) is 0.493. The Morgan fingerprint density at radius 2 is 2.00 bits per heavy atom. The molecule has 0 heterocycles. The topological polar surface area (TPSA) is 66.5 Å². The number of aryl methyl sites for hydroxylation is 1. The molecule has 0 aliphatic heterocycles. The van der Waals surface area contributed by atoms with Crippen LogP contribution in [0.15, 0.2) is 12.1 Å². The van der Waals surface area contributed by atoms with Crippen LogP contribution in [0, 0.1) is 0 Å². The fourth-order valence-corrected chi connectivity index (χ4v) is 1.22. The number of anilines is 1. The van der Waals surface area contributed by atoms with E-state index in [1.165, 1.54) is 6.07 Å². The zero-order valence-electron chi connectivity index (χ0n) is 7.75. The van der Waals surface area contributed by atoms with E-state index in [4.69, 9.17) is 10.8 Å². The molecule has 0 saturated heterocycles. The van der Waals surface area contributed by atoms with E-state index in [1.807, 2.05) is 0 Å². The second-order valence-electron chi connectivity index (χ2n) is 3.11. The highest BCUT2D eigenvalue weighted by molar-refractivity contribution is 5.63. The normalized spacial score (nSPS) is 10.2. The van der Waals surface area contributed by atoms with Gasteiger partial charge in [0.05, 0.1) is 5.69 Å². The molecule has 1 aromatic rings. The van der Waals surface area contributed by atoms with Crippen LogP contribution in [-0.2, 0) is 6.42 Å². The molecule has 3 nitrogen and oxygen atoms in total. The van der Waals surface area contributed by atoms with Gasteiger partial charge in [0, 0.05) is 0 Å². The van der Waals surface area contributed by atoms with E-state index in [2.05, 4.69) is 6.92 Å². The van der Waals surface area contributed by atoms with Crippen LogP contribution >= 0.6 is 0 Å². The van der Waals surface area contributed by atoms with Gasteiger partial charge >= 0.3 is 0 Å². The number of phenolic OH excluding ortho intramolecular Hbond substituents is 2. The summed E-state index contributed by atoms with van der Waals surface area (Å²) in [7, 11) is 0. The lowest BCUT2D eigenvalue weighted by molar-refractivity contribution is 0.405. The molecule has 0 spiro atoms. The molecule has 0 radical (unpaired) electrons. The van der Waals surface area contributed by atoms with Crippen molar-refractivity contribution in [3.63, 3.8) is 0 Å². The molecule has 0 unspecified atom stereocenters. The fourth-order valence-electron chi connectivity index (χ4n) is 1.22. The lowest BCUT2D eigenvalue weighted by atomic mass is 10.1. The first kappa shape index (κ1) is 9.71. The molecule has 0 amide bonds. The molecule has 3 heteroatoms. The van der Waals surface area contributed by atoms with Crippen LogP contribution in [-0.4, -0.2) is 10.2 Å². The average molecular weight is 181 g/mol. The van der Waals surface area contributed by atoms with Crippen molar-refractivity contribution >= 4 is 5.69 Å². The molecule has 0 atom stereocenters. The number of unbranched alkanes of at least 4 members (excludes halogenated alkanes) is 1. The van der Waals surface area contributed by atoms with E-state index < -0.39 is 0 Å². The number of aromatic hydroxyl groups is 2. The van der Waals surface area contributed by atoms with Gasteiger partial charge in [-0.1, -0.05) is 19.4 Å². The Labute approximate surface area is 77.8 Å². The summed E-state index contributed by atoms with van der Waals surface area (Å²) in [6, 6.07) is 3.22. The summed E-state index contributed by atoms with van der Waals surface area (Å²) >= 11 is 0. The lowest BCUT2D eigenvalue weighted by Gasteiger charge is -2.07. The Morgan fingerprint density at radius 3 is 2.62 bits per heavy atom. The van der Waals surface area contributed by atoms with Gasteiger partial charge in [0.2, 0.25) is 0 Å². The highest BCUT2D eigenvalue weighted by Crippen LogP contribution is 2.34. The van der Waals surface area contributed by atoms with Crippen LogP contribution in [0.5, 0.6) is 11.5 Å². The van der Waals surface area contributed by atoms with Crippen molar-refractivity contribution in [2.75, 3.05) is 5.73 Å². The van der Waals surface area contributed by atoms with Crippen molar-refractivity contribution in [3.8, 4) is 11.5 Å². The van der Waals surface area contributed by atoms with Crippen LogP contribution in [0.3, 0.4) is 0 Å². The predicted molar refractivity (Wildman–Crippen MR) is 52.8 cm³/mol. The zero-order chi connectivity index (χ0) is 9.84. The first-order valence-electron chi connectivity index (χ1n) is 4.46. The Morgan fingerprint density at radius 1 is 1.31 bits per heavy atom. The minimum atomic E-state index is -0.200. The molecule has 0 saturated carbocycles. The fraction of sp³-hybridized carbons (Fsp3) is 0.400. The van der Waals surface area contributed by atoms with E-state index in [0.29, 0.717) is 5.69 Å². The number of hydrogen-bond donors (Lipinski definition) is 3. The smallest absolute Gasteiger partial charge is 0.181 e. The summed E-state index contributed by atoms with van der Waals surface area (Å²) in [5, 5.41) is 18.4. The maximum Gasteiger partial charge on any atom is 0.181 e. The van der Waals surface area contributed by atoms with Gasteiger partial charge in [-0.3, -0.25) is 0 Å². The van der Waals surface area contributed by atoms with E-state index >= 15 is 0 Å². The van der Waals surface area contributed by atoms with Crippen LogP contribution in [0.2, 0.25) is 0 Å². The molecular formula is C10H15NO2. The van der Waals surface area contributed by atoms with Crippen molar-refractivity contribution in [1.82, 2.24) is 0 Å². The molecular weight excluding hydrogens is 166 g/mol. The van der Waals surface area contributed by atoms with Crippen LogP contribution < -0.4 is 5.73 Å². The highest BCUT2D eigenvalue weighted by Gasteiger charge is 2.07. The molecule has 0 fully saturated rings. The molecule has 0 aromatic heterocycles. The third kappa shape index (κ3) is 2.05. The molecule has 1 rings (SSSR count). The third-order valence-electron chi connectivity index (χ3n) is 2.09. The number of hydrogen-bond acceptors (Lipinski definition) is 3. The Hall–Kier alpha value is -1.38. The SMILES string of the molecule is CCCCc1ccc(O)c(O)c1N. The predicted octanol–water partition coefficient (Wildman–Crippen LogP) is 2.02. The molecule has 1 aromatic carbocycles. The van der Waals surface area contributed by atoms with Crippen molar-refractivity contribution in [1.29, 1.82) is 0 Å². The standard InChI is InChI=1S/C10H15NO2/c1-2-3-4-7-5-6-8(12)10(13)9(7)11/h5-6,12-13H,2-4,11H2,1H3. The van der Waals surface area contributed by atoms with E-state index in [0.717, 1.165) is 24.8 Å². The summed E-state index contributed by atoms with van der Waals surface area (Å²) in [5.74, 6) is -0.355. The monoisotopic (exact) mass is 181 g/mol. The van der Waals surface area contributed by atoms with Gasteiger partial charge in [0.1, 0.15) is 0 Å². The molecule has 4 N–H and O–H groups in total. The minimum absolute atomic E-state index is 0.155. The van der Waals surface area contributed by atoms with Gasteiger partial charge in [-0.25, -0.2) is 0 Å². The number of nitrogens with two attached hydrogens (primary N) is 1.